The van der Waals surface area contributed by atoms with Crippen molar-refractivity contribution in [3.8, 4) is 0 Å². The van der Waals surface area contributed by atoms with Gasteiger partial charge < -0.3 is 10.1 Å². The van der Waals surface area contributed by atoms with Gasteiger partial charge in [-0.3, -0.25) is 0 Å². The third-order valence-electron chi connectivity index (χ3n) is 2.24. The average molecular weight is 248 g/mol. The van der Waals surface area contributed by atoms with Gasteiger partial charge in [0, 0.05) is 19.2 Å². The van der Waals surface area contributed by atoms with E-state index in [4.69, 9.17) is 16.7 Å². The molecule has 2 heterocycles. The lowest BCUT2D eigenvalue weighted by Gasteiger charge is -2.13. The molecular formula is C9H8ClF2N3O. The summed E-state index contributed by atoms with van der Waals surface area (Å²) in [7, 11) is 0. The van der Waals surface area contributed by atoms with Gasteiger partial charge in [0.15, 0.2) is 0 Å². The Labute approximate surface area is 94.3 Å². The fraction of sp³-hybridized carbons (Fsp3) is 0.333. The van der Waals surface area contributed by atoms with Crippen molar-refractivity contribution in [3.05, 3.63) is 23.2 Å². The van der Waals surface area contributed by atoms with Crippen LogP contribution in [0.25, 0.3) is 11.0 Å². The molecule has 2 aromatic heterocycles. The van der Waals surface area contributed by atoms with E-state index in [-0.39, 0.29) is 21.7 Å². The molecule has 2 N–H and O–H groups in total. The Morgan fingerprint density at radius 3 is 2.88 bits per heavy atom. The van der Waals surface area contributed by atoms with Crippen molar-refractivity contribution < 1.29 is 13.9 Å². The minimum Gasteiger partial charge on any atom is -0.396 e. The molecule has 0 radical (unpaired) electrons. The molecule has 0 amide bonds. The molecule has 86 valence electrons. The molecule has 16 heavy (non-hydrogen) atoms. The maximum Gasteiger partial charge on any atom is 0.277 e. The number of H-pyrrole nitrogens is 1. The third-order valence-corrected chi connectivity index (χ3v) is 2.53. The zero-order valence-corrected chi connectivity index (χ0v) is 8.80. The highest BCUT2D eigenvalue weighted by atomic mass is 35.5. The van der Waals surface area contributed by atoms with Gasteiger partial charge in [-0.25, -0.2) is 18.7 Å². The van der Waals surface area contributed by atoms with Crippen LogP contribution >= 0.6 is 11.6 Å². The van der Waals surface area contributed by atoms with Gasteiger partial charge in [0.1, 0.15) is 17.1 Å². The Balaban J connectivity index is 2.61. The monoisotopic (exact) mass is 247 g/mol. The number of aliphatic hydroxyl groups is 1. The second-order valence-electron chi connectivity index (χ2n) is 3.27. The van der Waals surface area contributed by atoms with E-state index in [1.165, 1.54) is 6.33 Å². The van der Waals surface area contributed by atoms with Gasteiger partial charge in [-0.2, -0.15) is 0 Å². The highest BCUT2D eigenvalue weighted by molar-refractivity contribution is 6.34. The van der Waals surface area contributed by atoms with Gasteiger partial charge in [0.25, 0.3) is 5.92 Å². The van der Waals surface area contributed by atoms with E-state index in [1.54, 1.807) is 0 Å². The zero-order valence-electron chi connectivity index (χ0n) is 8.04. The van der Waals surface area contributed by atoms with Crippen LogP contribution < -0.4 is 0 Å². The normalized spacial score (nSPS) is 12.2. The predicted octanol–water partition coefficient (Wildman–Crippen LogP) is 2.09. The number of nitrogens with zero attached hydrogens (tertiary/aromatic N) is 2. The Morgan fingerprint density at radius 2 is 2.19 bits per heavy atom. The first kappa shape index (κ1) is 11.2. The summed E-state index contributed by atoms with van der Waals surface area (Å²) in [5, 5.41) is 8.66. The van der Waals surface area contributed by atoms with E-state index in [0.29, 0.717) is 0 Å². The molecule has 0 spiro atoms. The van der Waals surface area contributed by atoms with E-state index >= 15 is 0 Å². The Hall–Kier alpha value is -1.27. The quantitative estimate of drug-likeness (QED) is 0.817. The van der Waals surface area contributed by atoms with Crippen molar-refractivity contribution in [2.24, 2.45) is 0 Å². The minimum absolute atomic E-state index is 0.0288. The summed E-state index contributed by atoms with van der Waals surface area (Å²) in [5.41, 5.74) is -0.0326. The molecule has 2 aromatic rings. The van der Waals surface area contributed by atoms with Crippen LogP contribution in [-0.4, -0.2) is 26.7 Å². The lowest BCUT2D eigenvalue weighted by Crippen LogP contribution is -2.14. The summed E-state index contributed by atoms with van der Waals surface area (Å²) < 4.78 is 27.2. The van der Waals surface area contributed by atoms with E-state index in [2.05, 4.69) is 15.0 Å². The molecular weight excluding hydrogens is 240 g/mol. The molecule has 2 rings (SSSR count). The molecule has 0 aliphatic heterocycles. The summed E-state index contributed by atoms with van der Waals surface area (Å²) in [6.45, 7) is -0.606. The number of aliphatic hydroxyl groups excluding tert-OH is 1. The number of hydrogen-bond acceptors (Lipinski definition) is 3. The van der Waals surface area contributed by atoms with E-state index < -0.39 is 19.0 Å². The molecule has 0 aliphatic carbocycles. The van der Waals surface area contributed by atoms with Gasteiger partial charge in [-0.1, -0.05) is 11.6 Å². The number of hydrogen-bond donors (Lipinski definition) is 2. The van der Waals surface area contributed by atoms with Gasteiger partial charge in [-0.05, 0) is 0 Å². The van der Waals surface area contributed by atoms with Crippen molar-refractivity contribution in [2.75, 3.05) is 6.61 Å². The third kappa shape index (κ3) is 1.74. The molecule has 0 atom stereocenters. The maximum atomic E-state index is 13.6. The summed E-state index contributed by atoms with van der Waals surface area (Å²) in [5.74, 6) is -3.15. The first-order valence-electron chi connectivity index (χ1n) is 4.53. The van der Waals surface area contributed by atoms with Crippen molar-refractivity contribution in [2.45, 2.75) is 12.3 Å². The van der Waals surface area contributed by atoms with Gasteiger partial charge in [0.2, 0.25) is 0 Å². The standard InChI is InChI=1S/C9H8ClF2N3O/c10-7-6-5(9(11,12)1-2-16)3-13-8(6)15-4-14-7/h3-4,16H,1-2H2,(H,13,14,15). The number of halogens is 3. The van der Waals surface area contributed by atoms with E-state index in [1.807, 2.05) is 0 Å². The summed E-state index contributed by atoms with van der Waals surface area (Å²) in [6.07, 6.45) is 1.67. The van der Waals surface area contributed by atoms with Crippen LogP contribution in [0.1, 0.15) is 12.0 Å². The van der Waals surface area contributed by atoms with Crippen LogP contribution in [0.15, 0.2) is 12.5 Å². The van der Waals surface area contributed by atoms with Gasteiger partial charge in [-0.15, -0.1) is 0 Å². The number of alkyl halides is 2. The summed E-state index contributed by atoms with van der Waals surface area (Å²) in [4.78, 5) is 10.0. The van der Waals surface area contributed by atoms with Crippen molar-refractivity contribution in [3.63, 3.8) is 0 Å². The second kappa shape index (κ2) is 3.95. The number of aromatic amines is 1. The molecule has 0 saturated carbocycles. The molecule has 7 heteroatoms. The van der Waals surface area contributed by atoms with Crippen LogP contribution in [0.5, 0.6) is 0 Å². The molecule has 0 aliphatic rings. The summed E-state index contributed by atoms with van der Waals surface area (Å²) >= 11 is 5.74. The number of fused-ring (bicyclic) bond motifs is 1. The molecule has 0 saturated heterocycles. The number of rotatable bonds is 3. The minimum atomic E-state index is -3.15. The van der Waals surface area contributed by atoms with E-state index in [0.717, 1.165) is 6.20 Å². The Bertz CT molecular complexity index is 514. The van der Waals surface area contributed by atoms with Crippen molar-refractivity contribution >= 4 is 22.6 Å². The van der Waals surface area contributed by atoms with Crippen molar-refractivity contribution in [1.82, 2.24) is 15.0 Å². The smallest absolute Gasteiger partial charge is 0.277 e. The lowest BCUT2D eigenvalue weighted by atomic mass is 10.1. The highest BCUT2D eigenvalue weighted by Gasteiger charge is 2.34. The number of nitrogens with one attached hydrogen (secondary N) is 1. The van der Waals surface area contributed by atoms with Gasteiger partial charge in [0.05, 0.1) is 10.9 Å². The largest absolute Gasteiger partial charge is 0.396 e. The highest BCUT2D eigenvalue weighted by Crippen LogP contribution is 2.37. The first-order valence-corrected chi connectivity index (χ1v) is 4.91. The topological polar surface area (TPSA) is 61.8 Å². The molecule has 0 unspecified atom stereocenters. The average Bonchev–Trinajstić information content (AvgIpc) is 2.63. The van der Waals surface area contributed by atoms with Crippen LogP contribution in [0.2, 0.25) is 5.15 Å². The Kier molecular flexibility index (Phi) is 2.77. The zero-order chi connectivity index (χ0) is 11.8. The SMILES string of the molecule is OCCC(F)(F)c1c[nH]c2ncnc(Cl)c12. The second-order valence-corrected chi connectivity index (χ2v) is 3.63. The van der Waals surface area contributed by atoms with E-state index in [9.17, 15) is 8.78 Å². The summed E-state index contributed by atoms with van der Waals surface area (Å²) in [6, 6.07) is 0. The molecule has 0 aromatic carbocycles. The van der Waals surface area contributed by atoms with Crippen LogP contribution in [-0.2, 0) is 5.92 Å². The maximum absolute atomic E-state index is 13.6. The van der Waals surface area contributed by atoms with Crippen LogP contribution in [0.4, 0.5) is 8.78 Å². The lowest BCUT2D eigenvalue weighted by molar-refractivity contribution is -0.0255. The van der Waals surface area contributed by atoms with Crippen molar-refractivity contribution in [1.29, 1.82) is 0 Å². The fourth-order valence-corrected chi connectivity index (χ4v) is 1.72. The van der Waals surface area contributed by atoms with Crippen LogP contribution in [0.3, 0.4) is 0 Å². The van der Waals surface area contributed by atoms with Gasteiger partial charge >= 0.3 is 0 Å². The Morgan fingerprint density at radius 1 is 1.44 bits per heavy atom. The van der Waals surface area contributed by atoms with Crippen LogP contribution in [0, 0.1) is 0 Å². The number of aromatic nitrogens is 3. The molecule has 0 bridgehead atoms. The predicted molar refractivity (Wildman–Crippen MR) is 54.5 cm³/mol. The fourth-order valence-electron chi connectivity index (χ4n) is 1.49. The first-order chi connectivity index (χ1) is 7.56. The molecule has 0 fully saturated rings. The molecule has 4 nitrogen and oxygen atoms in total.